The fourth-order valence-corrected chi connectivity index (χ4v) is 5.11. The van der Waals surface area contributed by atoms with Gasteiger partial charge in [-0.25, -0.2) is 0 Å². The Balaban J connectivity index is 1.97. The molecule has 0 spiro atoms. The molecule has 0 saturated carbocycles. The van der Waals surface area contributed by atoms with Crippen molar-refractivity contribution < 1.29 is 4.74 Å². The number of hydrogen-bond acceptors (Lipinski definition) is 3. The van der Waals surface area contributed by atoms with Gasteiger partial charge in [0.05, 0.1) is 5.60 Å². The lowest BCUT2D eigenvalue weighted by molar-refractivity contribution is -0.0987. The first-order valence-corrected chi connectivity index (χ1v) is 10.7. The Morgan fingerprint density at radius 1 is 1.04 bits per heavy atom. The molecule has 2 aliphatic rings. The van der Waals surface area contributed by atoms with Gasteiger partial charge in [-0.1, -0.05) is 41.5 Å². The van der Waals surface area contributed by atoms with E-state index in [0.717, 1.165) is 6.54 Å². The van der Waals surface area contributed by atoms with Crippen LogP contribution in [0.3, 0.4) is 0 Å². The molecular formula is C22H44N2O. The van der Waals surface area contributed by atoms with E-state index in [2.05, 4.69) is 51.3 Å². The Hall–Kier alpha value is -0.120. The van der Waals surface area contributed by atoms with Gasteiger partial charge in [-0.2, -0.15) is 0 Å². The third-order valence-corrected chi connectivity index (χ3v) is 7.93. The first-order valence-electron chi connectivity index (χ1n) is 10.7. The lowest BCUT2D eigenvalue weighted by Gasteiger charge is -2.51. The van der Waals surface area contributed by atoms with Crippen LogP contribution < -0.4 is 0 Å². The summed E-state index contributed by atoms with van der Waals surface area (Å²) in [4.78, 5) is 5.33. The number of ether oxygens (including phenoxy) is 1. The van der Waals surface area contributed by atoms with Gasteiger partial charge in [0.1, 0.15) is 0 Å². The molecule has 148 valence electrons. The van der Waals surface area contributed by atoms with E-state index in [-0.39, 0.29) is 5.60 Å². The van der Waals surface area contributed by atoms with Crippen LogP contribution in [0.2, 0.25) is 0 Å². The minimum Gasteiger partial charge on any atom is -0.377 e. The predicted molar refractivity (Wildman–Crippen MR) is 108 cm³/mol. The Kier molecular flexibility index (Phi) is 7.01. The van der Waals surface area contributed by atoms with Crippen molar-refractivity contribution in [3.05, 3.63) is 0 Å². The summed E-state index contributed by atoms with van der Waals surface area (Å²) in [7, 11) is 1.91. The largest absolute Gasteiger partial charge is 0.377 e. The van der Waals surface area contributed by atoms with Gasteiger partial charge in [-0.15, -0.1) is 0 Å². The van der Waals surface area contributed by atoms with Crippen molar-refractivity contribution in [1.82, 2.24) is 9.80 Å². The topological polar surface area (TPSA) is 15.7 Å². The van der Waals surface area contributed by atoms with Crippen LogP contribution in [0.25, 0.3) is 0 Å². The third-order valence-electron chi connectivity index (χ3n) is 7.93. The van der Waals surface area contributed by atoms with E-state index >= 15 is 0 Å². The summed E-state index contributed by atoms with van der Waals surface area (Å²) in [5.74, 6) is 0.585. The Morgan fingerprint density at radius 2 is 1.68 bits per heavy atom. The fourth-order valence-electron chi connectivity index (χ4n) is 5.11. The van der Waals surface area contributed by atoms with Gasteiger partial charge in [0.25, 0.3) is 0 Å². The van der Waals surface area contributed by atoms with Crippen LogP contribution in [0.1, 0.15) is 73.6 Å². The standard InChI is InChI=1S/C22H44N2O/c1-8-23-14-9-11-21(6,17-23)20(4,5)13-16-24-15-10-12-22(18-24,25-7)19(2)3/h19H,8-18H2,1-7H3. The maximum Gasteiger partial charge on any atom is 0.0828 e. The monoisotopic (exact) mass is 352 g/mol. The molecule has 2 atom stereocenters. The number of rotatable bonds is 7. The summed E-state index contributed by atoms with van der Waals surface area (Å²) in [6.45, 7) is 21.8. The van der Waals surface area contributed by atoms with E-state index in [1.54, 1.807) is 0 Å². The van der Waals surface area contributed by atoms with E-state index in [0.29, 0.717) is 16.7 Å². The molecule has 0 aromatic rings. The normalized spacial score (nSPS) is 33.1. The minimum absolute atomic E-state index is 0.0656. The van der Waals surface area contributed by atoms with E-state index in [1.165, 1.54) is 64.8 Å². The van der Waals surface area contributed by atoms with Crippen LogP contribution in [0, 0.1) is 16.7 Å². The van der Waals surface area contributed by atoms with Crippen LogP contribution in [-0.4, -0.2) is 61.8 Å². The molecule has 2 rings (SSSR count). The van der Waals surface area contributed by atoms with E-state index in [9.17, 15) is 0 Å². The van der Waals surface area contributed by atoms with Crippen molar-refractivity contribution in [1.29, 1.82) is 0 Å². The Morgan fingerprint density at radius 3 is 2.28 bits per heavy atom. The van der Waals surface area contributed by atoms with Crippen molar-refractivity contribution in [2.45, 2.75) is 79.2 Å². The molecule has 2 saturated heterocycles. The molecule has 2 fully saturated rings. The molecule has 3 heteroatoms. The highest BCUT2D eigenvalue weighted by Gasteiger charge is 2.44. The van der Waals surface area contributed by atoms with Crippen LogP contribution in [0.4, 0.5) is 0 Å². The molecule has 0 aromatic heterocycles. The maximum atomic E-state index is 6.02. The first kappa shape index (κ1) is 21.2. The number of nitrogens with zero attached hydrogens (tertiary/aromatic N) is 2. The van der Waals surface area contributed by atoms with Gasteiger partial charge in [0, 0.05) is 20.2 Å². The molecule has 0 radical (unpaired) electrons. The second-order valence-corrected chi connectivity index (χ2v) is 9.97. The average Bonchev–Trinajstić information content (AvgIpc) is 2.60. The van der Waals surface area contributed by atoms with Crippen LogP contribution in [-0.2, 0) is 4.74 Å². The zero-order valence-corrected chi connectivity index (χ0v) is 18.2. The maximum absolute atomic E-state index is 6.02. The van der Waals surface area contributed by atoms with Gasteiger partial charge < -0.3 is 14.5 Å². The number of piperidine rings is 2. The summed E-state index contributed by atoms with van der Waals surface area (Å²) in [6.07, 6.45) is 6.51. The molecular weight excluding hydrogens is 308 g/mol. The molecule has 0 bridgehead atoms. The lowest BCUT2D eigenvalue weighted by atomic mass is 9.61. The van der Waals surface area contributed by atoms with E-state index < -0.39 is 0 Å². The number of hydrogen-bond donors (Lipinski definition) is 0. The molecule has 2 aliphatic heterocycles. The van der Waals surface area contributed by atoms with E-state index in [4.69, 9.17) is 4.74 Å². The van der Waals surface area contributed by atoms with Crippen molar-refractivity contribution in [2.24, 2.45) is 16.7 Å². The predicted octanol–water partition coefficient (Wildman–Crippen LogP) is 4.66. The molecule has 0 amide bonds. The van der Waals surface area contributed by atoms with Crippen LogP contribution >= 0.6 is 0 Å². The van der Waals surface area contributed by atoms with Crippen molar-refractivity contribution in [3.63, 3.8) is 0 Å². The summed E-state index contributed by atoms with van der Waals surface area (Å²) >= 11 is 0. The highest BCUT2D eigenvalue weighted by molar-refractivity contribution is 4.96. The van der Waals surface area contributed by atoms with Gasteiger partial charge >= 0.3 is 0 Å². The second-order valence-electron chi connectivity index (χ2n) is 9.97. The summed E-state index contributed by atoms with van der Waals surface area (Å²) in [5.41, 5.74) is 0.884. The van der Waals surface area contributed by atoms with Crippen LogP contribution in [0.15, 0.2) is 0 Å². The first-order chi connectivity index (χ1) is 11.7. The second kappa shape index (κ2) is 8.27. The number of likely N-dealkylation sites (tertiary alicyclic amines) is 2. The van der Waals surface area contributed by atoms with Crippen molar-refractivity contribution in [3.8, 4) is 0 Å². The Bertz CT molecular complexity index is 422. The molecule has 0 aliphatic carbocycles. The number of methoxy groups -OCH3 is 1. The minimum atomic E-state index is 0.0656. The summed E-state index contributed by atoms with van der Waals surface area (Å²) < 4.78 is 6.02. The van der Waals surface area contributed by atoms with Crippen molar-refractivity contribution in [2.75, 3.05) is 46.4 Å². The molecule has 0 aromatic carbocycles. The molecule has 3 nitrogen and oxygen atoms in total. The van der Waals surface area contributed by atoms with Gasteiger partial charge in [0.15, 0.2) is 0 Å². The summed E-state index contributed by atoms with van der Waals surface area (Å²) in [6, 6.07) is 0. The van der Waals surface area contributed by atoms with Crippen molar-refractivity contribution >= 4 is 0 Å². The van der Waals surface area contributed by atoms with E-state index in [1.807, 2.05) is 7.11 Å². The Labute approximate surface area is 157 Å². The SMILES string of the molecule is CCN1CCCC(C)(C(C)(C)CCN2CCCC(OC)(C(C)C)C2)C1. The lowest BCUT2D eigenvalue weighted by Crippen LogP contribution is -2.54. The van der Waals surface area contributed by atoms with Gasteiger partial charge in [-0.05, 0) is 75.0 Å². The molecule has 2 heterocycles. The average molecular weight is 353 g/mol. The zero-order valence-electron chi connectivity index (χ0n) is 18.2. The smallest absolute Gasteiger partial charge is 0.0828 e. The molecule has 2 unspecified atom stereocenters. The van der Waals surface area contributed by atoms with Gasteiger partial charge in [0.2, 0.25) is 0 Å². The quantitative estimate of drug-likeness (QED) is 0.662. The highest BCUT2D eigenvalue weighted by atomic mass is 16.5. The molecule has 0 N–H and O–H groups in total. The fraction of sp³-hybridized carbons (Fsp3) is 1.00. The summed E-state index contributed by atoms with van der Waals surface area (Å²) in [5, 5.41) is 0. The molecule has 25 heavy (non-hydrogen) atoms. The third kappa shape index (κ3) is 4.59. The highest BCUT2D eigenvalue weighted by Crippen LogP contribution is 2.47. The zero-order chi connectivity index (χ0) is 18.7. The van der Waals surface area contributed by atoms with Crippen LogP contribution in [0.5, 0.6) is 0 Å². The van der Waals surface area contributed by atoms with Gasteiger partial charge in [-0.3, -0.25) is 0 Å².